The van der Waals surface area contributed by atoms with E-state index < -0.39 is 21.8 Å². The molecule has 0 heterocycles. The fourth-order valence-electron chi connectivity index (χ4n) is 0.763. The van der Waals surface area contributed by atoms with E-state index in [1.807, 2.05) is 0 Å². The van der Waals surface area contributed by atoms with Gasteiger partial charge in [-0.15, -0.1) is 0 Å². The van der Waals surface area contributed by atoms with Crippen molar-refractivity contribution in [3.05, 3.63) is 10.4 Å². The summed E-state index contributed by atoms with van der Waals surface area (Å²) < 4.78 is 26.1. The Hall–Kier alpha value is -0.590. The van der Waals surface area contributed by atoms with Crippen molar-refractivity contribution in [2.75, 3.05) is 12.9 Å². The second-order valence-corrected chi connectivity index (χ2v) is 5.53. The largest absolute Gasteiger partial charge is 0.466 e. The summed E-state index contributed by atoms with van der Waals surface area (Å²) in [6.07, 6.45) is 1.98. The number of nitrogens with two attached hydrogens (primary N) is 1. The molecule has 0 aromatic heterocycles. The van der Waals surface area contributed by atoms with Gasteiger partial charge < -0.3 is 10.5 Å². The number of ether oxygens (including phenoxy) is 1. The average molecular weight is 256 g/mol. The van der Waals surface area contributed by atoms with E-state index in [-0.39, 0.29) is 17.4 Å². The summed E-state index contributed by atoms with van der Waals surface area (Å²) in [6, 6.07) is -0.758. The number of hydrogen-bond acceptors (Lipinski definition) is 5. The van der Waals surface area contributed by atoms with E-state index >= 15 is 0 Å². The highest BCUT2D eigenvalue weighted by Gasteiger charge is 2.13. The molecule has 0 saturated carbocycles. The Morgan fingerprint density at radius 2 is 2.13 bits per heavy atom. The fourth-order valence-corrected chi connectivity index (χ4v) is 1.35. The molecule has 0 saturated heterocycles. The normalized spacial score (nSPS) is 14.8. The van der Waals surface area contributed by atoms with E-state index in [1.165, 1.54) is 0 Å². The van der Waals surface area contributed by atoms with E-state index in [2.05, 4.69) is 4.74 Å². The first kappa shape index (κ1) is 14.4. The topological polar surface area (TPSA) is 86.5 Å². The van der Waals surface area contributed by atoms with Gasteiger partial charge in [0.25, 0.3) is 0 Å². The molecule has 0 aliphatic heterocycles. The molecular weight excluding hydrogens is 242 g/mol. The highest BCUT2D eigenvalue weighted by molar-refractivity contribution is 7.96. The molecule has 7 heteroatoms. The predicted octanol–water partition coefficient (Wildman–Crippen LogP) is 0.392. The zero-order valence-electron chi connectivity index (χ0n) is 8.57. The Balaban J connectivity index is 4.37. The molecule has 5 nitrogen and oxygen atoms in total. The van der Waals surface area contributed by atoms with Gasteiger partial charge in [0, 0.05) is 12.3 Å². The van der Waals surface area contributed by atoms with Gasteiger partial charge in [0.2, 0.25) is 0 Å². The van der Waals surface area contributed by atoms with Crippen molar-refractivity contribution >= 4 is 27.4 Å². The summed E-state index contributed by atoms with van der Waals surface area (Å²) in [4.78, 5) is 11.0. The lowest BCUT2D eigenvalue weighted by Gasteiger charge is -2.06. The number of hydrogen-bond donors (Lipinski definition) is 1. The number of esters is 1. The van der Waals surface area contributed by atoms with Crippen LogP contribution in [0.2, 0.25) is 0 Å². The van der Waals surface area contributed by atoms with Gasteiger partial charge in [-0.25, -0.2) is 8.42 Å². The number of carbonyl (C=O) groups is 1. The predicted molar refractivity (Wildman–Crippen MR) is 58.0 cm³/mol. The third-order valence-corrected chi connectivity index (χ3v) is 3.22. The van der Waals surface area contributed by atoms with Crippen LogP contribution in [0.25, 0.3) is 0 Å². The molecule has 0 aromatic carbocycles. The SMILES string of the molecule is CCOC(=O)C[C@H](N)C=C(Cl)S(C)(=O)=O. The molecular formula is C8H14ClNO4S. The van der Waals surface area contributed by atoms with Crippen LogP contribution in [0.3, 0.4) is 0 Å². The Morgan fingerprint density at radius 3 is 2.53 bits per heavy atom. The Bertz CT molecular complexity index is 350. The minimum absolute atomic E-state index is 0.0976. The molecule has 0 aliphatic carbocycles. The number of halogens is 1. The first-order chi connectivity index (χ1) is 6.77. The molecule has 0 spiro atoms. The number of rotatable bonds is 5. The molecule has 0 unspecified atom stereocenters. The van der Waals surface area contributed by atoms with Gasteiger partial charge in [0.05, 0.1) is 13.0 Å². The third kappa shape index (κ3) is 6.48. The van der Waals surface area contributed by atoms with Crippen LogP contribution in [0, 0.1) is 0 Å². The number of carbonyl (C=O) groups excluding carboxylic acids is 1. The van der Waals surface area contributed by atoms with Crippen molar-refractivity contribution in [3.63, 3.8) is 0 Å². The molecule has 0 radical (unpaired) electrons. The molecule has 0 amide bonds. The first-order valence-corrected chi connectivity index (χ1v) is 6.53. The molecule has 1 atom stereocenters. The minimum atomic E-state index is -3.45. The summed E-state index contributed by atoms with van der Waals surface area (Å²) in [5.74, 6) is -0.487. The van der Waals surface area contributed by atoms with E-state index in [4.69, 9.17) is 17.3 Å². The maximum Gasteiger partial charge on any atom is 0.307 e. The number of sulfone groups is 1. The van der Waals surface area contributed by atoms with Crippen molar-refractivity contribution in [1.29, 1.82) is 0 Å². The minimum Gasteiger partial charge on any atom is -0.466 e. The van der Waals surface area contributed by atoms with Gasteiger partial charge >= 0.3 is 5.97 Å². The van der Waals surface area contributed by atoms with Crippen molar-refractivity contribution < 1.29 is 17.9 Å². The van der Waals surface area contributed by atoms with Crippen LogP contribution in [0.5, 0.6) is 0 Å². The smallest absolute Gasteiger partial charge is 0.307 e. The van der Waals surface area contributed by atoms with Gasteiger partial charge in [-0.1, -0.05) is 11.6 Å². The summed E-state index contributed by atoms with van der Waals surface area (Å²) in [6.45, 7) is 1.93. The van der Waals surface area contributed by atoms with E-state index in [0.29, 0.717) is 0 Å². The molecule has 0 aromatic rings. The third-order valence-electron chi connectivity index (χ3n) is 1.41. The Kier molecular flexibility index (Phi) is 5.85. The zero-order chi connectivity index (χ0) is 12.1. The summed E-state index contributed by atoms with van der Waals surface area (Å²) in [7, 11) is -3.45. The van der Waals surface area contributed by atoms with E-state index in [1.54, 1.807) is 6.92 Å². The van der Waals surface area contributed by atoms with Crippen molar-refractivity contribution in [3.8, 4) is 0 Å². The molecule has 0 bridgehead atoms. The lowest BCUT2D eigenvalue weighted by Crippen LogP contribution is -2.23. The standard InChI is InChI=1S/C8H14ClNO4S/c1-3-14-8(11)5-6(10)4-7(9)15(2,12)13/h4,6H,3,5,10H2,1-2H3/t6-/m1/s1. The first-order valence-electron chi connectivity index (χ1n) is 4.26. The van der Waals surface area contributed by atoms with Gasteiger partial charge in [-0.05, 0) is 13.0 Å². The molecule has 88 valence electrons. The lowest BCUT2D eigenvalue weighted by atomic mass is 10.2. The molecule has 0 rings (SSSR count). The van der Waals surface area contributed by atoms with Gasteiger partial charge in [-0.3, -0.25) is 4.79 Å². The lowest BCUT2D eigenvalue weighted by molar-refractivity contribution is -0.143. The van der Waals surface area contributed by atoms with Gasteiger partial charge in [-0.2, -0.15) is 0 Å². The van der Waals surface area contributed by atoms with Gasteiger partial charge in [0.1, 0.15) is 4.36 Å². The summed E-state index contributed by atoms with van der Waals surface area (Å²) in [5, 5.41) is 0. The van der Waals surface area contributed by atoms with Crippen molar-refractivity contribution in [2.24, 2.45) is 5.73 Å². The maximum absolute atomic E-state index is 11.0. The molecule has 15 heavy (non-hydrogen) atoms. The van der Waals surface area contributed by atoms with Crippen molar-refractivity contribution in [2.45, 2.75) is 19.4 Å². The van der Waals surface area contributed by atoms with Gasteiger partial charge in [0.15, 0.2) is 9.84 Å². The van der Waals surface area contributed by atoms with Crippen LogP contribution in [-0.2, 0) is 19.4 Å². The highest BCUT2D eigenvalue weighted by atomic mass is 35.5. The Labute approximate surface area is 94.1 Å². The highest BCUT2D eigenvalue weighted by Crippen LogP contribution is 2.11. The van der Waals surface area contributed by atoms with E-state index in [9.17, 15) is 13.2 Å². The second-order valence-electron chi connectivity index (χ2n) is 2.92. The molecule has 0 aliphatic rings. The molecule has 2 N–H and O–H groups in total. The van der Waals surface area contributed by atoms with Crippen molar-refractivity contribution in [1.82, 2.24) is 0 Å². The monoisotopic (exact) mass is 255 g/mol. The van der Waals surface area contributed by atoms with Crippen LogP contribution in [0.4, 0.5) is 0 Å². The zero-order valence-corrected chi connectivity index (χ0v) is 10.1. The second kappa shape index (κ2) is 6.09. The van der Waals surface area contributed by atoms with Crippen LogP contribution >= 0.6 is 11.6 Å². The van der Waals surface area contributed by atoms with Crippen LogP contribution < -0.4 is 5.73 Å². The van der Waals surface area contributed by atoms with Crippen LogP contribution in [0.15, 0.2) is 10.4 Å². The van der Waals surface area contributed by atoms with E-state index in [0.717, 1.165) is 12.3 Å². The van der Waals surface area contributed by atoms with Crippen LogP contribution in [-0.4, -0.2) is 33.3 Å². The fraction of sp³-hybridized carbons (Fsp3) is 0.625. The quantitative estimate of drug-likeness (QED) is 0.719. The Morgan fingerprint density at radius 1 is 1.60 bits per heavy atom. The average Bonchev–Trinajstić information content (AvgIpc) is 2.01. The maximum atomic E-state index is 11.0. The summed E-state index contributed by atoms with van der Waals surface area (Å²) >= 11 is 5.45. The summed E-state index contributed by atoms with van der Waals surface area (Å²) in [5.41, 5.74) is 5.48. The molecule has 0 fully saturated rings. The van der Waals surface area contributed by atoms with Crippen LogP contribution in [0.1, 0.15) is 13.3 Å².